The highest BCUT2D eigenvalue weighted by molar-refractivity contribution is 9.10. The number of ether oxygens (including phenoxy) is 1. The second kappa shape index (κ2) is 9.99. The van der Waals surface area contributed by atoms with Gasteiger partial charge in [0.2, 0.25) is 0 Å². The van der Waals surface area contributed by atoms with Gasteiger partial charge in [-0.15, -0.1) is 0 Å². The van der Waals surface area contributed by atoms with Crippen molar-refractivity contribution >= 4 is 34.0 Å². The molecule has 6 nitrogen and oxygen atoms in total. The van der Waals surface area contributed by atoms with E-state index in [1.54, 1.807) is 0 Å². The molecule has 0 unspecified atom stereocenters. The van der Waals surface area contributed by atoms with Gasteiger partial charge in [0.25, 0.3) is 0 Å². The van der Waals surface area contributed by atoms with Crippen molar-refractivity contribution in [2.24, 2.45) is 11.0 Å². The summed E-state index contributed by atoms with van der Waals surface area (Å²) in [5.74, 6) is -0.452. The lowest BCUT2D eigenvalue weighted by Gasteiger charge is -2.07. The quantitative estimate of drug-likeness (QED) is 0.431. The molecule has 0 aliphatic carbocycles. The highest BCUT2D eigenvalue weighted by Gasteiger charge is 2.12. The van der Waals surface area contributed by atoms with E-state index in [2.05, 4.69) is 31.8 Å². The average Bonchev–Trinajstić information content (AvgIpc) is 2.51. The van der Waals surface area contributed by atoms with Crippen molar-refractivity contribution in [3.05, 3.63) is 28.2 Å². The van der Waals surface area contributed by atoms with E-state index in [1.807, 2.05) is 39.0 Å². The molecule has 7 heteroatoms. The average molecular weight is 384 g/mol. The maximum Gasteiger partial charge on any atom is 0.329 e. The fourth-order valence-corrected chi connectivity index (χ4v) is 2.03. The first-order valence-corrected chi connectivity index (χ1v) is 8.27. The van der Waals surface area contributed by atoms with E-state index in [1.165, 1.54) is 6.21 Å². The molecular formula is C16H22BrN3O3. The van der Waals surface area contributed by atoms with Crippen molar-refractivity contribution in [3.63, 3.8) is 0 Å². The molecule has 1 rings (SSSR count). The summed E-state index contributed by atoms with van der Waals surface area (Å²) in [6.45, 7) is 7.02. The second-order valence-corrected chi connectivity index (χ2v) is 6.20. The molecule has 0 saturated carbocycles. The molecule has 2 N–H and O–H groups in total. The van der Waals surface area contributed by atoms with Crippen LogP contribution >= 0.6 is 15.9 Å². The van der Waals surface area contributed by atoms with Gasteiger partial charge in [0, 0.05) is 6.54 Å². The molecule has 0 aliphatic rings. The Labute approximate surface area is 144 Å². The van der Waals surface area contributed by atoms with Gasteiger partial charge in [-0.3, -0.25) is 9.59 Å². The molecule has 126 valence electrons. The molecule has 0 radical (unpaired) electrons. The van der Waals surface area contributed by atoms with Gasteiger partial charge in [0.1, 0.15) is 5.75 Å². The van der Waals surface area contributed by atoms with Crippen molar-refractivity contribution in [1.82, 2.24) is 10.7 Å². The normalized spacial score (nSPS) is 10.8. The van der Waals surface area contributed by atoms with E-state index in [-0.39, 0.29) is 5.92 Å². The van der Waals surface area contributed by atoms with Crippen LogP contribution in [0.4, 0.5) is 0 Å². The summed E-state index contributed by atoms with van der Waals surface area (Å²) < 4.78 is 6.35. The minimum Gasteiger partial charge on any atom is -0.492 e. The van der Waals surface area contributed by atoms with E-state index < -0.39 is 11.8 Å². The van der Waals surface area contributed by atoms with Crippen LogP contribution in [0, 0.1) is 5.92 Å². The van der Waals surface area contributed by atoms with Crippen molar-refractivity contribution in [3.8, 4) is 5.75 Å². The Hall–Kier alpha value is -1.89. The summed E-state index contributed by atoms with van der Waals surface area (Å²) in [5, 5.41) is 6.29. The number of benzene rings is 1. The van der Waals surface area contributed by atoms with Crippen LogP contribution in [-0.2, 0) is 9.59 Å². The van der Waals surface area contributed by atoms with Gasteiger partial charge in [-0.1, -0.05) is 20.8 Å². The molecule has 1 aromatic carbocycles. The second-order valence-electron chi connectivity index (χ2n) is 5.34. The van der Waals surface area contributed by atoms with Crippen LogP contribution in [0.15, 0.2) is 27.8 Å². The van der Waals surface area contributed by atoms with Gasteiger partial charge >= 0.3 is 11.8 Å². The van der Waals surface area contributed by atoms with Crippen LogP contribution in [0.5, 0.6) is 5.75 Å². The Morgan fingerprint density at radius 2 is 2.09 bits per heavy atom. The third kappa shape index (κ3) is 7.27. The lowest BCUT2D eigenvalue weighted by atomic mass is 10.2. The van der Waals surface area contributed by atoms with Gasteiger partial charge < -0.3 is 10.1 Å². The first-order chi connectivity index (χ1) is 10.9. The van der Waals surface area contributed by atoms with Crippen molar-refractivity contribution in [1.29, 1.82) is 0 Å². The van der Waals surface area contributed by atoms with E-state index in [4.69, 9.17) is 4.74 Å². The molecule has 0 heterocycles. The van der Waals surface area contributed by atoms with Crippen LogP contribution in [0.25, 0.3) is 0 Å². The molecule has 0 atom stereocenters. The van der Waals surface area contributed by atoms with Crippen LogP contribution in [0.1, 0.15) is 32.8 Å². The largest absolute Gasteiger partial charge is 0.492 e. The van der Waals surface area contributed by atoms with Crippen LogP contribution in [0.3, 0.4) is 0 Å². The van der Waals surface area contributed by atoms with E-state index in [9.17, 15) is 9.59 Å². The molecule has 0 spiro atoms. The van der Waals surface area contributed by atoms with E-state index in [0.717, 1.165) is 22.2 Å². The predicted molar refractivity (Wildman–Crippen MR) is 93.5 cm³/mol. The summed E-state index contributed by atoms with van der Waals surface area (Å²) in [5.41, 5.74) is 2.96. The third-order valence-corrected chi connectivity index (χ3v) is 3.29. The number of hydrogen-bond donors (Lipinski definition) is 2. The van der Waals surface area contributed by atoms with E-state index >= 15 is 0 Å². The molecule has 0 fully saturated rings. The van der Waals surface area contributed by atoms with Gasteiger partial charge in [-0.05, 0) is 52.0 Å². The minimum atomic E-state index is -0.788. The topological polar surface area (TPSA) is 79.8 Å². The zero-order valence-electron chi connectivity index (χ0n) is 13.6. The minimum absolute atomic E-state index is 0.279. The van der Waals surface area contributed by atoms with Crippen LogP contribution in [-0.4, -0.2) is 31.2 Å². The van der Waals surface area contributed by atoms with Crippen LogP contribution < -0.4 is 15.5 Å². The van der Waals surface area contributed by atoms with Crippen LogP contribution in [0.2, 0.25) is 0 Å². The fourth-order valence-electron chi connectivity index (χ4n) is 1.52. The molecule has 0 bridgehead atoms. The number of carbonyl (C=O) groups excluding carboxylic acids is 2. The Morgan fingerprint density at radius 3 is 2.70 bits per heavy atom. The van der Waals surface area contributed by atoms with Gasteiger partial charge in [0.15, 0.2) is 0 Å². The van der Waals surface area contributed by atoms with Gasteiger partial charge in [0.05, 0.1) is 17.3 Å². The first kappa shape index (κ1) is 19.2. The number of hydrogen-bond acceptors (Lipinski definition) is 4. The van der Waals surface area contributed by atoms with Gasteiger partial charge in [-0.2, -0.15) is 5.10 Å². The third-order valence-electron chi connectivity index (χ3n) is 2.67. The summed E-state index contributed by atoms with van der Waals surface area (Å²) in [6.07, 6.45) is 2.39. The number of rotatable bonds is 7. The SMILES string of the molecule is CCCOc1ccc(/C=N\NC(=O)C(=O)NCC(C)C)cc1Br. The summed E-state index contributed by atoms with van der Waals surface area (Å²) in [6, 6.07) is 5.45. The van der Waals surface area contributed by atoms with E-state index in [0.29, 0.717) is 13.2 Å². The van der Waals surface area contributed by atoms with Crippen molar-refractivity contribution in [2.75, 3.05) is 13.2 Å². The number of nitrogens with one attached hydrogen (secondary N) is 2. The Morgan fingerprint density at radius 1 is 1.35 bits per heavy atom. The molecule has 0 aliphatic heterocycles. The lowest BCUT2D eigenvalue weighted by Crippen LogP contribution is -2.39. The Bertz CT molecular complexity index is 574. The molecular weight excluding hydrogens is 362 g/mol. The van der Waals surface area contributed by atoms with Crippen molar-refractivity contribution in [2.45, 2.75) is 27.2 Å². The lowest BCUT2D eigenvalue weighted by molar-refractivity contribution is -0.139. The predicted octanol–water partition coefficient (Wildman–Crippen LogP) is 2.46. The number of hydrazone groups is 1. The highest BCUT2D eigenvalue weighted by atomic mass is 79.9. The summed E-state index contributed by atoms with van der Waals surface area (Å²) in [4.78, 5) is 23.0. The molecule has 23 heavy (non-hydrogen) atoms. The molecule has 2 amide bonds. The summed E-state index contributed by atoms with van der Waals surface area (Å²) in [7, 11) is 0. The Balaban J connectivity index is 2.52. The maximum atomic E-state index is 11.5. The highest BCUT2D eigenvalue weighted by Crippen LogP contribution is 2.25. The maximum absolute atomic E-state index is 11.5. The number of carbonyl (C=O) groups is 2. The molecule has 1 aromatic rings. The van der Waals surface area contributed by atoms with Gasteiger partial charge in [-0.25, -0.2) is 5.43 Å². The zero-order chi connectivity index (χ0) is 17.2. The standard InChI is InChI=1S/C16H22BrN3O3/c1-4-7-23-14-6-5-12(8-13(14)17)10-19-20-16(22)15(21)18-9-11(2)3/h5-6,8,10-11H,4,7,9H2,1-3H3,(H,18,21)(H,20,22)/b19-10-. The number of amides is 2. The Kier molecular flexibility index (Phi) is 8.32. The number of halogens is 1. The van der Waals surface area contributed by atoms with Crippen molar-refractivity contribution < 1.29 is 14.3 Å². The fraction of sp³-hybridized carbons (Fsp3) is 0.438. The molecule has 0 aromatic heterocycles. The number of nitrogens with zero attached hydrogens (tertiary/aromatic N) is 1. The summed E-state index contributed by atoms with van der Waals surface area (Å²) >= 11 is 3.42. The first-order valence-electron chi connectivity index (χ1n) is 7.47. The monoisotopic (exact) mass is 383 g/mol. The zero-order valence-corrected chi connectivity index (χ0v) is 15.1. The smallest absolute Gasteiger partial charge is 0.329 e. The molecule has 0 saturated heterocycles.